The molecule has 0 radical (unpaired) electrons. The summed E-state index contributed by atoms with van der Waals surface area (Å²) >= 11 is 4.96. The Morgan fingerprint density at radius 1 is 1.13 bits per heavy atom. The molecular formula is C10H7ClF2N2. The van der Waals surface area contributed by atoms with Crippen LogP contribution in [0.1, 0.15) is 5.69 Å². The highest BCUT2D eigenvalue weighted by Crippen LogP contribution is 2.33. The summed E-state index contributed by atoms with van der Waals surface area (Å²) in [6, 6.07) is 9.84. The van der Waals surface area contributed by atoms with Crippen LogP contribution in [0.4, 0.5) is 8.78 Å². The first-order valence-corrected chi connectivity index (χ1v) is 4.63. The number of hydrogen-bond acceptors (Lipinski definition) is 1. The predicted octanol–water partition coefficient (Wildman–Crippen LogP) is 3.16. The number of para-hydroxylation sites is 1. The second kappa shape index (κ2) is 3.62. The van der Waals surface area contributed by atoms with Gasteiger partial charge in [0.25, 0.3) is 0 Å². The quantitative estimate of drug-likeness (QED) is 0.722. The highest BCUT2D eigenvalue weighted by atomic mass is 35.5. The third-order valence-corrected chi connectivity index (χ3v) is 2.13. The minimum absolute atomic E-state index is 0.338. The van der Waals surface area contributed by atoms with Gasteiger partial charge in [-0.3, -0.25) is 0 Å². The minimum Gasteiger partial charge on any atom is -0.230 e. The molecule has 5 heteroatoms. The van der Waals surface area contributed by atoms with E-state index >= 15 is 0 Å². The Labute approximate surface area is 90.1 Å². The summed E-state index contributed by atoms with van der Waals surface area (Å²) in [5, 5.41) is 0.395. The third-order valence-electron chi connectivity index (χ3n) is 1.93. The van der Waals surface area contributed by atoms with E-state index in [2.05, 4.69) is 5.10 Å². The first-order valence-electron chi connectivity index (χ1n) is 4.26. The van der Waals surface area contributed by atoms with Gasteiger partial charge in [-0.2, -0.15) is 13.9 Å². The van der Waals surface area contributed by atoms with Crippen molar-refractivity contribution >= 4 is 11.6 Å². The molecule has 0 aliphatic carbocycles. The lowest BCUT2D eigenvalue weighted by Crippen LogP contribution is -2.11. The topological polar surface area (TPSA) is 17.8 Å². The van der Waals surface area contributed by atoms with Gasteiger partial charge in [0.05, 0.1) is 5.69 Å². The maximum atomic E-state index is 12.9. The van der Waals surface area contributed by atoms with Crippen molar-refractivity contribution in [3.63, 3.8) is 0 Å². The molecular weight excluding hydrogens is 222 g/mol. The average Bonchev–Trinajstić information content (AvgIpc) is 2.67. The summed E-state index contributed by atoms with van der Waals surface area (Å²) in [6.45, 7) is 0. The van der Waals surface area contributed by atoms with Gasteiger partial charge in [0.15, 0.2) is 0 Å². The van der Waals surface area contributed by atoms with E-state index in [-0.39, 0.29) is 5.69 Å². The van der Waals surface area contributed by atoms with Crippen molar-refractivity contribution in [3.05, 3.63) is 48.3 Å². The smallest absolute Gasteiger partial charge is 0.230 e. The zero-order valence-corrected chi connectivity index (χ0v) is 8.33. The molecule has 0 aliphatic heterocycles. The van der Waals surface area contributed by atoms with Gasteiger partial charge in [-0.25, -0.2) is 4.68 Å². The Morgan fingerprint density at radius 2 is 1.80 bits per heavy atom. The summed E-state index contributed by atoms with van der Waals surface area (Å²) in [7, 11) is 0. The van der Waals surface area contributed by atoms with Crippen LogP contribution in [0.25, 0.3) is 5.69 Å². The molecule has 0 amide bonds. The first-order chi connectivity index (χ1) is 7.09. The fraction of sp³-hybridized carbons (Fsp3) is 0.100. The third kappa shape index (κ3) is 1.99. The molecule has 2 aromatic rings. The second-order valence-corrected chi connectivity index (χ2v) is 3.44. The monoisotopic (exact) mass is 228 g/mol. The summed E-state index contributed by atoms with van der Waals surface area (Å²) in [5.41, 5.74) is 0.216. The van der Waals surface area contributed by atoms with Crippen LogP contribution in [0.3, 0.4) is 0 Å². The van der Waals surface area contributed by atoms with Crippen molar-refractivity contribution in [2.75, 3.05) is 0 Å². The average molecular weight is 229 g/mol. The van der Waals surface area contributed by atoms with E-state index in [1.165, 1.54) is 12.3 Å². The first kappa shape index (κ1) is 10.1. The van der Waals surface area contributed by atoms with Gasteiger partial charge in [-0.1, -0.05) is 18.2 Å². The molecule has 0 fully saturated rings. The van der Waals surface area contributed by atoms with E-state index in [1.807, 2.05) is 0 Å². The molecule has 15 heavy (non-hydrogen) atoms. The van der Waals surface area contributed by atoms with Crippen molar-refractivity contribution in [2.45, 2.75) is 5.38 Å². The number of rotatable bonds is 2. The normalized spacial score (nSPS) is 11.7. The van der Waals surface area contributed by atoms with E-state index in [4.69, 9.17) is 11.6 Å². The summed E-state index contributed by atoms with van der Waals surface area (Å²) in [5.74, 6) is 0. The Hall–Kier alpha value is -1.42. The van der Waals surface area contributed by atoms with Gasteiger partial charge in [0.2, 0.25) is 0 Å². The predicted molar refractivity (Wildman–Crippen MR) is 53.3 cm³/mol. The van der Waals surface area contributed by atoms with Crippen LogP contribution in [-0.4, -0.2) is 9.78 Å². The van der Waals surface area contributed by atoms with E-state index < -0.39 is 5.38 Å². The highest BCUT2D eigenvalue weighted by molar-refractivity contribution is 6.21. The summed E-state index contributed by atoms with van der Waals surface area (Å²) in [6.07, 6.45) is 1.29. The van der Waals surface area contributed by atoms with E-state index in [0.717, 1.165) is 4.68 Å². The fourth-order valence-electron chi connectivity index (χ4n) is 1.29. The van der Waals surface area contributed by atoms with Gasteiger partial charge in [-0.15, -0.1) is 0 Å². The minimum atomic E-state index is -3.41. The Morgan fingerprint density at radius 3 is 2.40 bits per heavy atom. The molecule has 0 saturated carbocycles. The Kier molecular flexibility index (Phi) is 2.44. The zero-order valence-electron chi connectivity index (χ0n) is 7.57. The molecule has 0 aliphatic rings. The van der Waals surface area contributed by atoms with E-state index in [9.17, 15) is 8.78 Å². The number of alkyl halides is 3. The van der Waals surface area contributed by atoms with Gasteiger partial charge < -0.3 is 0 Å². The van der Waals surface area contributed by atoms with Crippen molar-refractivity contribution < 1.29 is 8.78 Å². The molecule has 1 aromatic heterocycles. The Bertz CT molecular complexity index is 448. The molecule has 0 atom stereocenters. The number of nitrogens with zero attached hydrogens (tertiary/aromatic N) is 2. The molecule has 2 rings (SSSR count). The summed E-state index contributed by atoms with van der Waals surface area (Å²) in [4.78, 5) is 0. The van der Waals surface area contributed by atoms with Crippen LogP contribution in [0.2, 0.25) is 0 Å². The standard InChI is InChI=1S/C10H7ClF2N2/c11-10(12,13)9-6-7-14-15(9)8-4-2-1-3-5-8/h1-7H. The van der Waals surface area contributed by atoms with Gasteiger partial charge in [0, 0.05) is 6.20 Å². The van der Waals surface area contributed by atoms with Gasteiger partial charge in [-0.05, 0) is 29.8 Å². The largest absolute Gasteiger partial charge is 0.364 e. The van der Waals surface area contributed by atoms with Gasteiger partial charge in [0.1, 0.15) is 5.69 Å². The molecule has 0 saturated heterocycles. The van der Waals surface area contributed by atoms with Crippen LogP contribution in [0.5, 0.6) is 0 Å². The maximum Gasteiger partial charge on any atom is 0.364 e. The Balaban J connectivity index is 2.51. The lowest BCUT2D eigenvalue weighted by atomic mass is 10.3. The van der Waals surface area contributed by atoms with Crippen molar-refractivity contribution in [2.24, 2.45) is 0 Å². The highest BCUT2D eigenvalue weighted by Gasteiger charge is 2.32. The van der Waals surface area contributed by atoms with E-state index in [1.54, 1.807) is 30.3 Å². The number of benzene rings is 1. The summed E-state index contributed by atoms with van der Waals surface area (Å²) < 4.78 is 27.0. The molecule has 78 valence electrons. The molecule has 0 spiro atoms. The molecule has 0 N–H and O–H groups in total. The lowest BCUT2D eigenvalue weighted by molar-refractivity contribution is 0.0870. The van der Waals surface area contributed by atoms with Crippen molar-refractivity contribution in [1.29, 1.82) is 0 Å². The SMILES string of the molecule is FC(F)(Cl)c1ccnn1-c1ccccc1. The van der Waals surface area contributed by atoms with Crippen LogP contribution >= 0.6 is 11.6 Å². The van der Waals surface area contributed by atoms with Crippen LogP contribution in [0.15, 0.2) is 42.6 Å². The van der Waals surface area contributed by atoms with Gasteiger partial charge >= 0.3 is 5.38 Å². The fourth-order valence-corrected chi connectivity index (χ4v) is 1.44. The van der Waals surface area contributed by atoms with Crippen molar-refractivity contribution in [3.8, 4) is 5.69 Å². The van der Waals surface area contributed by atoms with Crippen LogP contribution in [0, 0.1) is 0 Å². The molecule has 2 nitrogen and oxygen atoms in total. The number of halogens is 3. The number of aromatic nitrogens is 2. The van der Waals surface area contributed by atoms with Crippen LogP contribution < -0.4 is 0 Å². The maximum absolute atomic E-state index is 12.9. The van der Waals surface area contributed by atoms with Crippen LogP contribution in [-0.2, 0) is 5.38 Å². The zero-order chi connectivity index (χ0) is 10.9. The molecule has 0 unspecified atom stereocenters. The molecule has 1 aromatic carbocycles. The molecule has 1 heterocycles. The second-order valence-electron chi connectivity index (χ2n) is 2.96. The van der Waals surface area contributed by atoms with Crippen molar-refractivity contribution in [1.82, 2.24) is 9.78 Å². The van der Waals surface area contributed by atoms with E-state index in [0.29, 0.717) is 5.69 Å². The number of hydrogen-bond donors (Lipinski definition) is 0. The lowest BCUT2D eigenvalue weighted by Gasteiger charge is -2.10. The molecule has 0 bridgehead atoms.